The molecule has 3 rings (SSSR count). The maximum Gasteiger partial charge on any atom is 0.244 e. The first-order valence-corrected chi connectivity index (χ1v) is 8.61. The van der Waals surface area contributed by atoms with Crippen molar-refractivity contribution in [3.8, 4) is 0 Å². The minimum absolute atomic E-state index is 0.0223. The molecule has 0 saturated heterocycles. The second-order valence-electron chi connectivity index (χ2n) is 4.61. The highest BCUT2D eigenvalue weighted by Gasteiger charge is 2.15. The zero-order chi connectivity index (χ0) is 15.2. The molecule has 6 heteroatoms. The molecule has 0 aliphatic carbocycles. The minimum Gasteiger partial charge on any atom is -0.350 e. The van der Waals surface area contributed by atoms with E-state index in [4.69, 9.17) is 0 Å². The van der Waals surface area contributed by atoms with Crippen molar-refractivity contribution in [2.24, 2.45) is 0 Å². The molecule has 3 heterocycles. The Balaban J connectivity index is 1.63. The van der Waals surface area contributed by atoms with E-state index in [-0.39, 0.29) is 11.9 Å². The van der Waals surface area contributed by atoms with Crippen molar-refractivity contribution < 1.29 is 4.79 Å². The summed E-state index contributed by atoms with van der Waals surface area (Å²) in [4.78, 5) is 14.2. The largest absolute Gasteiger partial charge is 0.350 e. The van der Waals surface area contributed by atoms with Crippen molar-refractivity contribution >= 4 is 34.7 Å². The molecular weight excluding hydrogens is 314 g/mol. The van der Waals surface area contributed by atoms with E-state index in [1.807, 2.05) is 52.0 Å². The van der Waals surface area contributed by atoms with Gasteiger partial charge in [0.25, 0.3) is 0 Å². The van der Waals surface area contributed by atoms with Crippen LogP contribution in [0.4, 0.5) is 0 Å². The maximum absolute atomic E-state index is 12.0. The molecule has 1 atom stereocenters. The first-order valence-electron chi connectivity index (χ1n) is 6.85. The van der Waals surface area contributed by atoms with Crippen LogP contribution in [0, 0.1) is 0 Å². The van der Waals surface area contributed by atoms with Gasteiger partial charge in [-0.3, -0.25) is 9.48 Å². The van der Waals surface area contributed by atoms with Gasteiger partial charge in [0.15, 0.2) is 0 Å². The Morgan fingerprint density at radius 1 is 1.27 bits per heavy atom. The van der Waals surface area contributed by atoms with Gasteiger partial charge in [0.1, 0.15) is 6.04 Å². The van der Waals surface area contributed by atoms with Crippen LogP contribution in [-0.2, 0) is 4.79 Å². The lowest BCUT2D eigenvalue weighted by Gasteiger charge is -2.16. The fraction of sp³-hybridized carbons (Fsp3) is 0.125. The molecule has 0 aromatic carbocycles. The van der Waals surface area contributed by atoms with E-state index in [1.165, 1.54) is 4.88 Å². The summed E-state index contributed by atoms with van der Waals surface area (Å²) in [7, 11) is 0. The fourth-order valence-electron chi connectivity index (χ4n) is 2.07. The van der Waals surface area contributed by atoms with Gasteiger partial charge in [0.05, 0.1) is 0 Å². The summed E-state index contributed by atoms with van der Waals surface area (Å²) in [5.41, 5.74) is 0. The van der Waals surface area contributed by atoms with Gasteiger partial charge in [-0.2, -0.15) is 5.10 Å². The van der Waals surface area contributed by atoms with E-state index in [1.54, 1.807) is 34.9 Å². The molecule has 0 bridgehead atoms. The predicted octanol–water partition coefficient (Wildman–Crippen LogP) is 3.43. The highest BCUT2D eigenvalue weighted by Crippen LogP contribution is 2.21. The number of nitrogens with zero attached hydrogens (tertiary/aromatic N) is 2. The molecule has 1 amide bonds. The van der Waals surface area contributed by atoms with Crippen molar-refractivity contribution in [3.63, 3.8) is 0 Å². The number of rotatable bonds is 6. The normalized spacial score (nSPS) is 12.5. The van der Waals surface area contributed by atoms with Gasteiger partial charge in [0, 0.05) is 34.8 Å². The minimum atomic E-state index is -0.0953. The molecule has 0 radical (unpaired) electrons. The monoisotopic (exact) mass is 329 g/mol. The third kappa shape index (κ3) is 3.72. The summed E-state index contributed by atoms with van der Waals surface area (Å²) in [6.07, 6.45) is 7.06. The highest BCUT2D eigenvalue weighted by molar-refractivity contribution is 7.10. The van der Waals surface area contributed by atoms with Crippen LogP contribution >= 0.6 is 22.7 Å². The van der Waals surface area contributed by atoms with Crippen molar-refractivity contribution in [1.29, 1.82) is 0 Å². The summed E-state index contributed by atoms with van der Waals surface area (Å²) in [6.45, 7) is 0.510. The molecule has 22 heavy (non-hydrogen) atoms. The zero-order valence-corrected chi connectivity index (χ0v) is 13.4. The first kappa shape index (κ1) is 14.7. The lowest BCUT2D eigenvalue weighted by molar-refractivity contribution is -0.116. The number of carbonyl (C=O) groups is 1. The smallest absolute Gasteiger partial charge is 0.244 e. The second-order valence-corrected chi connectivity index (χ2v) is 6.57. The Morgan fingerprint density at radius 3 is 2.82 bits per heavy atom. The molecule has 112 valence electrons. The molecule has 0 fully saturated rings. The number of amides is 1. The third-order valence-electron chi connectivity index (χ3n) is 3.13. The highest BCUT2D eigenvalue weighted by atomic mass is 32.1. The first-order chi connectivity index (χ1) is 10.8. The standard InChI is InChI=1S/C16H15N3OS2/c20-16(7-6-13-4-1-10-21-13)17-12-14(15-5-2-11-22-15)19-9-3-8-18-19/h1-11,14H,12H2,(H,17,20)/b7-6+/t14-/m1/s1. The number of nitrogens with one attached hydrogen (secondary N) is 1. The Morgan fingerprint density at radius 2 is 2.14 bits per heavy atom. The summed E-state index contributed by atoms with van der Waals surface area (Å²) >= 11 is 3.27. The van der Waals surface area contributed by atoms with E-state index in [0.29, 0.717) is 6.54 Å². The molecule has 3 aromatic rings. The topological polar surface area (TPSA) is 46.9 Å². The number of aromatic nitrogens is 2. The molecule has 0 unspecified atom stereocenters. The zero-order valence-electron chi connectivity index (χ0n) is 11.8. The Bertz CT molecular complexity index is 681. The van der Waals surface area contributed by atoms with Crippen LogP contribution in [0.25, 0.3) is 6.08 Å². The van der Waals surface area contributed by atoms with Crippen LogP contribution in [0.1, 0.15) is 15.8 Å². The Kier molecular flexibility index (Phi) is 4.82. The molecule has 0 spiro atoms. The average Bonchev–Trinajstić information content (AvgIpc) is 3.27. The van der Waals surface area contributed by atoms with Gasteiger partial charge in [-0.15, -0.1) is 22.7 Å². The van der Waals surface area contributed by atoms with Crippen molar-refractivity contribution in [3.05, 3.63) is 69.3 Å². The molecule has 0 aliphatic rings. The average molecular weight is 329 g/mol. The second kappa shape index (κ2) is 7.20. The van der Waals surface area contributed by atoms with Crippen LogP contribution in [0.15, 0.2) is 59.6 Å². The molecule has 4 nitrogen and oxygen atoms in total. The van der Waals surface area contributed by atoms with E-state index in [2.05, 4.69) is 16.5 Å². The van der Waals surface area contributed by atoms with Gasteiger partial charge >= 0.3 is 0 Å². The van der Waals surface area contributed by atoms with Gasteiger partial charge in [0.2, 0.25) is 5.91 Å². The predicted molar refractivity (Wildman–Crippen MR) is 91.0 cm³/mol. The number of hydrogen-bond acceptors (Lipinski definition) is 4. The van der Waals surface area contributed by atoms with Crippen molar-refractivity contribution in [2.45, 2.75) is 6.04 Å². The SMILES string of the molecule is O=C(/C=C/c1cccs1)NC[C@H](c1cccs1)n1cccn1. The lowest BCUT2D eigenvalue weighted by atomic mass is 10.2. The van der Waals surface area contributed by atoms with E-state index >= 15 is 0 Å². The van der Waals surface area contributed by atoms with Gasteiger partial charge in [-0.1, -0.05) is 12.1 Å². The van der Waals surface area contributed by atoms with E-state index < -0.39 is 0 Å². The number of thiophene rings is 2. The Labute approximate surface area is 136 Å². The van der Waals surface area contributed by atoms with E-state index in [0.717, 1.165) is 4.88 Å². The molecule has 3 aromatic heterocycles. The number of hydrogen-bond donors (Lipinski definition) is 1. The van der Waals surface area contributed by atoms with Crippen LogP contribution < -0.4 is 5.32 Å². The Hall–Kier alpha value is -2.18. The molecule has 1 N–H and O–H groups in total. The third-order valence-corrected chi connectivity index (χ3v) is 4.94. The summed E-state index contributed by atoms with van der Waals surface area (Å²) in [6, 6.07) is 9.92. The van der Waals surface area contributed by atoms with Gasteiger partial charge < -0.3 is 5.32 Å². The molecule has 0 saturated carbocycles. The fourth-order valence-corrected chi connectivity index (χ4v) is 3.51. The van der Waals surface area contributed by atoms with Crippen LogP contribution in [0.3, 0.4) is 0 Å². The quantitative estimate of drug-likeness (QED) is 0.704. The van der Waals surface area contributed by atoms with Crippen molar-refractivity contribution in [1.82, 2.24) is 15.1 Å². The lowest BCUT2D eigenvalue weighted by Crippen LogP contribution is -2.30. The van der Waals surface area contributed by atoms with Crippen LogP contribution in [0.2, 0.25) is 0 Å². The van der Waals surface area contributed by atoms with Crippen molar-refractivity contribution in [2.75, 3.05) is 6.54 Å². The summed E-state index contributed by atoms with van der Waals surface area (Å²) in [5.74, 6) is -0.0953. The van der Waals surface area contributed by atoms with E-state index in [9.17, 15) is 4.79 Å². The van der Waals surface area contributed by atoms with Crippen LogP contribution in [-0.4, -0.2) is 22.2 Å². The summed E-state index contributed by atoms with van der Waals surface area (Å²) < 4.78 is 1.87. The molecule has 0 aliphatic heterocycles. The van der Waals surface area contributed by atoms with Gasteiger partial charge in [-0.25, -0.2) is 0 Å². The maximum atomic E-state index is 12.0. The van der Waals surface area contributed by atoms with Crippen LogP contribution in [0.5, 0.6) is 0 Å². The number of carbonyl (C=O) groups excluding carboxylic acids is 1. The summed E-state index contributed by atoms with van der Waals surface area (Å²) in [5, 5.41) is 11.3. The molecular formula is C16H15N3OS2. The van der Waals surface area contributed by atoms with Gasteiger partial charge in [-0.05, 0) is 35.0 Å².